The average Bonchev–Trinajstić information content (AvgIpc) is 2.37. The number of benzene rings is 1. The normalized spacial score (nSPS) is 33.0. The van der Waals surface area contributed by atoms with Crippen LogP contribution in [0, 0.1) is 6.92 Å². The molecule has 2 atom stereocenters. The third-order valence-corrected chi connectivity index (χ3v) is 4.36. The van der Waals surface area contributed by atoms with Crippen molar-refractivity contribution in [2.75, 3.05) is 13.2 Å². The van der Waals surface area contributed by atoms with Crippen LogP contribution in [0.1, 0.15) is 29.5 Å². The van der Waals surface area contributed by atoms with E-state index in [9.17, 15) is 18.3 Å². The summed E-state index contributed by atoms with van der Waals surface area (Å²) in [5, 5.41) is 14.2. The molecule has 2 unspecified atom stereocenters. The SMILES string of the molecule is Cc1ccc(C2(O)CC3COCC(C2)N3)cc1C(F)(F)F. The molecule has 2 aliphatic heterocycles. The summed E-state index contributed by atoms with van der Waals surface area (Å²) in [6.07, 6.45) is -3.67. The minimum absolute atomic E-state index is 0.0156. The number of ether oxygens (including phenoxy) is 1. The molecule has 0 spiro atoms. The molecule has 2 fully saturated rings. The lowest BCUT2D eigenvalue weighted by Gasteiger charge is -2.45. The highest BCUT2D eigenvalue weighted by molar-refractivity contribution is 5.36. The van der Waals surface area contributed by atoms with E-state index in [1.165, 1.54) is 13.0 Å². The molecule has 3 nitrogen and oxygen atoms in total. The molecule has 0 aliphatic carbocycles. The van der Waals surface area contributed by atoms with Crippen LogP contribution in [0.2, 0.25) is 0 Å². The Bertz CT molecular complexity index is 532. The fourth-order valence-corrected chi connectivity index (χ4v) is 3.37. The Labute approximate surface area is 121 Å². The van der Waals surface area contributed by atoms with E-state index in [4.69, 9.17) is 4.74 Å². The molecule has 6 heteroatoms. The smallest absolute Gasteiger partial charge is 0.385 e. The highest BCUT2D eigenvalue weighted by Gasteiger charge is 2.43. The number of piperidine rings is 1. The largest absolute Gasteiger partial charge is 0.416 e. The Kier molecular flexibility index (Phi) is 3.50. The topological polar surface area (TPSA) is 41.5 Å². The van der Waals surface area contributed by atoms with Gasteiger partial charge in [-0.15, -0.1) is 0 Å². The maximum Gasteiger partial charge on any atom is 0.416 e. The van der Waals surface area contributed by atoms with Crippen LogP contribution >= 0.6 is 0 Å². The van der Waals surface area contributed by atoms with Crippen LogP contribution in [-0.2, 0) is 16.5 Å². The number of hydrogen-bond acceptors (Lipinski definition) is 3. The van der Waals surface area contributed by atoms with Gasteiger partial charge >= 0.3 is 6.18 Å². The zero-order chi connectivity index (χ0) is 15.3. The van der Waals surface area contributed by atoms with Crippen molar-refractivity contribution in [3.8, 4) is 0 Å². The van der Waals surface area contributed by atoms with Crippen molar-refractivity contribution < 1.29 is 23.0 Å². The lowest BCUT2D eigenvalue weighted by molar-refractivity contribution is -0.138. The number of aryl methyl sites for hydroxylation is 1. The number of fused-ring (bicyclic) bond motifs is 2. The minimum Gasteiger partial charge on any atom is -0.385 e. The van der Waals surface area contributed by atoms with Crippen molar-refractivity contribution in [2.45, 2.75) is 43.6 Å². The van der Waals surface area contributed by atoms with Gasteiger partial charge in [0.15, 0.2) is 0 Å². The van der Waals surface area contributed by atoms with Gasteiger partial charge in [0.25, 0.3) is 0 Å². The van der Waals surface area contributed by atoms with Crippen LogP contribution < -0.4 is 5.32 Å². The molecule has 2 bridgehead atoms. The van der Waals surface area contributed by atoms with E-state index in [0.29, 0.717) is 31.6 Å². The van der Waals surface area contributed by atoms with Crippen LogP contribution in [-0.4, -0.2) is 30.4 Å². The van der Waals surface area contributed by atoms with Crippen LogP contribution in [0.25, 0.3) is 0 Å². The second-order valence-corrected chi connectivity index (χ2v) is 6.07. The van der Waals surface area contributed by atoms with Crippen molar-refractivity contribution in [1.82, 2.24) is 5.32 Å². The molecule has 0 radical (unpaired) electrons. The highest BCUT2D eigenvalue weighted by atomic mass is 19.4. The number of hydrogen-bond donors (Lipinski definition) is 2. The maximum atomic E-state index is 13.0. The molecule has 2 saturated heterocycles. The predicted molar refractivity (Wildman–Crippen MR) is 70.8 cm³/mol. The predicted octanol–water partition coefficient (Wildman–Crippen LogP) is 2.35. The lowest BCUT2D eigenvalue weighted by Crippen LogP contribution is -2.58. The molecule has 0 amide bonds. The summed E-state index contributed by atoms with van der Waals surface area (Å²) in [5.74, 6) is 0. The van der Waals surface area contributed by atoms with E-state index in [2.05, 4.69) is 5.32 Å². The average molecular weight is 301 g/mol. The van der Waals surface area contributed by atoms with Gasteiger partial charge in [0, 0.05) is 12.1 Å². The molecule has 3 rings (SSSR count). The van der Waals surface area contributed by atoms with Gasteiger partial charge in [-0.1, -0.05) is 12.1 Å². The first-order valence-corrected chi connectivity index (χ1v) is 7.02. The first kappa shape index (κ1) is 14.8. The van der Waals surface area contributed by atoms with E-state index in [-0.39, 0.29) is 17.6 Å². The number of rotatable bonds is 1. The molecule has 2 N–H and O–H groups in total. The first-order valence-electron chi connectivity index (χ1n) is 7.02. The van der Waals surface area contributed by atoms with Gasteiger partial charge in [0.1, 0.15) is 0 Å². The van der Waals surface area contributed by atoms with Gasteiger partial charge in [-0.25, -0.2) is 0 Å². The Hall–Kier alpha value is -1.11. The monoisotopic (exact) mass is 301 g/mol. The van der Waals surface area contributed by atoms with Gasteiger partial charge in [-0.3, -0.25) is 0 Å². The summed E-state index contributed by atoms with van der Waals surface area (Å²) in [6.45, 7) is 2.40. The number of halogens is 3. The Morgan fingerprint density at radius 2 is 1.86 bits per heavy atom. The van der Waals surface area contributed by atoms with Gasteiger partial charge in [0.05, 0.1) is 24.4 Å². The molecule has 2 aliphatic rings. The zero-order valence-corrected chi connectivity index (χ0v) is 11.7. The third-order valence-electron chi connectivity index (χ3n) is 4.36. The second kappa shape index (κ2) is 4.97. The molecule has 0 aromatic heterocycles. The van der Waals surface area contributed by atoms with Crippen molar-refractivity contribution in [2.24, 2.45) is 0 Å². The van der Waals surface area contributed by atoms with Gasteiger partial charge in [-0.2, -0.15) is 13.2 Å². The number of alkyl halides is 3. The Morgan fingerprint density at radius 1 is 1.24 bits per heavy atom. The Balaban J connectivity index is 1.96. The Morgan fingerprint density at radius 3 is 2.43 bits per heavy atom. The fraction of sp³-hybridized carbons (Fsp3) is 0.600. The minimum atomic E-state index is -4.40. The summed E-state index contributed by atoms with van der Waals surface area (Å²) >= 11 is 0. The molecule has 2 heterocycles. The summed E-state index contributed by atoms with van der Waals surface area (Å²) < 4.78 is 44.5. The van der Waals surface area contributed by atoms with Crippen molar-refractivity contribution in [3.63, 3.8) is 0 Å². The summed E-state index contributed by atoms with van der Waals surface area (Å²) in [4.78, 5) is 0. The molecule has 1 aromatic carbocycles. The van der Waals surface area contributed by atoms with Crippen LogP contribution in [0.3, 0.4) is 0 Å². The zero-order valence-electron chi connectivity index (χ0n) is 11.7. The van der Waals surface area contributed by atoms with Crippen LogP contribution in [0.15, 0.2) is 18.2 Å². The van der Waals surface area contributed by atoms with E-state index in [1.807, 2.05) is 0 Å². The summed E-state index contributed by atoms with van der Waals surface area (Å²) in [7, 11) is 0. The third kappa shape index (κ3) is 2.80. The van der Waals surface area contributed by atoms with E-state index in [0.717, 1.165) is 6.07 Å². The summed E-state index contributed by atoms with van der Waals surface area (Å²) in [5.41, 5.74) is -1.38. The van der Waals surface area contributed by atoms with Gasteiger partial charge < -0.3 is 15.2 Å². The molecule has 116 valence electrons. The van der Waals surface area contributed by atoms with E-state index >= 15 is 0 Å². The maximum absolute atomic E-state index is 13.0. The second-order valence-electron chi connectivity index (χ2n) is 6.07. The fourth-order valence-electron chi connectivity index (χ4n) is 3.37. The summed E-state index contributed by atoms with van der Waals surface area (Å²) in [6, 6.07) is 4.10. The number of aliphatic hydroxyl groups is 1. The standard InChI is InChI=1S/C15H18F3NO2/c1-9-2-3-10(4-13(9)15(16,17)18)14(20)5-11-7-21-8-12(6-14)19-11/h2-4,11-12,19-20H,5-8H2,1H3. The van der Waals surface area contributed by atoms with Crippen molar-refractivity contribution in [1.29, 1.82) is 0 Å². The molecule has 1 aromatic rings. The van der Waals surface area contributed by atoms with Crippen LogP contribution in [0.4, 0.5) is 13.2 Å². The molecular weight excluding hydrogens is 283 g/mol. The van der Waals surface area contributed by atoms with Crippen molar-refractivity contribution >= 4 is 0 Å². The van der Waals surface area contributed by atoms with E-state index < -0.39 is 17.3 Å². The first-order chi connectivity index (χ1) is 9.78. The van der Waals surface area contributed by atoms with Crippen LogP contribution in [0.5, 0.6) is 0 Å². The molecule has 21 heavy (non-hydrogen) atoms. The molecular formula is C15H18F3NO2. The number of nitrogens with one attached hydrogen (secondary N) is 1. The number of morpholine rings is 1. The van der Waals surface area contributed by atoms with Gasteiger partial charge in [0.2, 0.25) is 0 Å². The highest BCUT2D eigenvalue weighted by Crippen LogP contribution is 2.40. The van der Waals surface area contributed by atoms with E-state index in [1.54, 1.807) is 6.07 Å². The lowest BCUT2D eigenvalue weighted by atomic mass is 9.77. The molecule has 0 saturated carbocycles. The van der Waals surface area contributed by atoms with Crippen molar-refractivity contribution in [3.05, 3.63) is 34.9 Å². The quantitative estimate of drug-likeness (QED) is 0.836. The van der Waals surface area contributed by atoms with Gasteiger partial charge in [-0.05, 0) is 37.0 Å².